The van der Waals surface area contributed by atoms with E-state index in [9.17, 15) is 0 Å². The minimum atomic E-state index is -0.129. The molecule has 2 N–H and O–H groups in total. The molecule has 0 bridgehead atoms. The lowest BCUT2D eigenvalue weighted by molar-refractivity contribution is -0.0584. The van der Waals surface area contributed by atoms with Gasteiger partial charge in [-0.15, -0.1) is 0 Å². The van der Waals surface area contributed by atoms with E-state index < -0.39 is 0 Å². The van der Waals surface area contributed by atoms with E-state index in [-0.39, 0.29) is 11.6 Å². The third-order valence-corrected chi connectivity index (χ3v) is 3.98. The largest absolute Gasteiger partial charge is 0.377 e. The highest BCUT2D eigenvalue weighted by Crippen LogP contribution is 2.34. The summed E-state index contributed by atoms with van der Waals surface area (Å²) < 4.78 is 7.58. The van der Waals surface area contributed by atoms with Gasteiger partial charge in [0.25, 0.3) is 0 Å². The summed E-state index contributed by atoms with van der Waals surface area (Å²) in [7, 11) is 3.73. The molecule has 0 amide bonds. The number of nitrogens with two attached hydrogens (primary N) is 1. The van der Waals surface area contributed by atoms with Gasteiger partial charge in [-0.25, -0.2) is 0 Å². The van der Waals surface area contributed by atoms with Gasteiger partial charge in [-0.05, 0) is 18.9 Å². The molecule has 1 aliphatic rings. The number of nitrogens with zero attached hydrogens (tertiary/aromatic N) is 2. The number of hydrogen-bond donors (Lipinski definition) is 1. The van der Waals surface area contributed by atoms with Crippen molar-refractivity contribution in [2.24, 2.45) is 12.8 Å². The van der Waals surface area contributed by atoms with Crippen LogP contribution in [-0.4, -0.2) is 28.5 Å². The molecule has 1 aromatic rings. The van der Waals surface area contributed by atoms with Crippen LogP contribution in [0.2, 0.25) is 0 Å². The molecule has 1 aliphatic carbocycles. The van der Waals surface area contributed by atoms with Crippen LogP contribution >= 0.6 is 0 Å². The van der Waals surface area contributed by atoms with Gasteiger partial charge in [0, 0.05) is 32.8 Å². The molecule has 4 nitrogen and oxygen atoms in total. The third-order valence-electron chi connectivity index (χ3n) is 3.98. The molecule has 0 aliphatic heterocycles. The second-order valence-corrected chi connectivity index (χ2v) is 5.12. The van der Waals surface area contributed by atoms with E-state index in [1.54, 1.807) is 7.11 Å². The fourth-order valence-electron chi connectivity index (χ4n) is 2.86. The van der Waals surface area contributed by atoms with Gasteiger partial charge in [0.2, 0.25) is 0 Å². The smallest absolute Gasteiger partial charge is 0.0832 e. The van der Waals surface area contributed by atoms with Gasteiger partial charge in [-0.3, -0.25) is 4.68 Å². The summed E-state index contributed by atoms with van der Waals surface area (Å²) >= 11 is 0. The average molecular weight is 237 g/mol. The summed E-state index contributed by atoms with van der Waals surface area (Å²) in [6.07, 6.45) is 8.68. The molecule has 0 spiro atoms. The highest BCUT2D eigenvalue weighted by atomic mass is 16.5. The van der Waals surface area contributed by atoms with Crippen molar-refractivity contribution in [3.05, 3.63) is 18.0 Å². The molecule has 1 fully saturated rings. The van der Waals surface area contributed by atoms with Crippen molar-refractivity contribution in [2.75, 3.05) is 7.11 Å². The number of methoxy groups -OCH3 is 1. The fraction of sp³-hybridized carbons (Fsp3) is 0.769. The molecule has 1 heterocycles. The molecule has 2 rings (SSSR count). The molecule has 1 unspecified atom stereocenters. The summed E-state index contributed by atoms with van der Waals surface area (Å²) in [6.45, 7) is 0. The Kier molecular flexibility index (Phi) is 3.84. The van der Waals surface area contributed by atoms with Crippen molar-refractivity contribution in [3.63, 3.8) is 0 Å². The van der Waals surface area contributed by atoms with Crippen LogP contribution in [-0.2, 0) is 18.2 Å². The Balaban J connectivity index is 2.04. The van der Waals surface area contributed by atoms with Crippen LogP contribution in [0.15, 0.2) is 12.3 Å². The summed E-state index contributed by atoms with van der Waals surface area (Å²) in [4.78, 5) is 0. The monoisotopic (exact) mass is 237 g/mol. The van der Waals surface area contributed by atoms with E-state index in [2.05, 4.69) is 5.10 Å². The molecular weight excluding hydrogens is 214 g/mol. The van der Waals surface area contributed by atoms with E-state index in [1.165, 1.54) is 19.3 Å². The van der Waals surface area contributed by atoms with Crippen molar-refractivity contribution in [2.45, 2.75) is 50.2 Å². The average Bonchev–Trinajstić information content (AvgIpc) is 2.75. The van der Waals surface area contributed by atoms with E-state index in [4.69, 9.17) is 10.5 Å². The molecule has 0 aromatic carbocycles. The lowest BCUT2D eigenvalue weighted by Gasteiger charge is -2.40. The number of rotatable bonds is 4. The zero-order chi connectivity index (χ0) is 12.3. The van der Waals surface area contributed by atoms with E-state index in [1.807, 2.05) is 24.0 Å². The van der Waals surface area contributed by atoms with E-state index in [0.29, 0.717) is 0 Å². The summed E-state index contributed by atoms with van der Waals surface area (Å²) in [5, 5.41) is 4.39. The fourth-order valence-corrected chi connectivity index (χ4v) is 2.86. The quantitative estimate of drug-likeness (QED) is 0.866. The van der Waals surface area contributed by atoms with Crippen LogP contribution in [0.3, 0.4) is 0 Å². The normalized spacial score (nSPS) is 21.4. The molecule has 4 heteroatoms. The van der Waals surface area contributed by atoms with E-state index in [0.717, 1.165) is 25.0 Å². The topological polar surface area (TPSA) is 53.1 Å². The molecule has 17 heavy (non-hydrogen) atoms. The summed E-state index contributed by atoms with van der Waals surface area (Å²) in [5.41, 5.74) is 7.29. The van der Waals surface area contributed by atoms with Crippen LogP contribution in [0.4, 0.5) is 0 Å². The Bertz CT molecular complexity index is 355. The SMILES string of the molecule is COC1(C(N)Cc2ccn(C)n2)CCCCC1. The molecule has 0 saturated heterocycles. The minimum absolute atomic E-state index is 0.0442. The first kappa shape index (κ1) is 12.6. The van der Waals surface area contributed by atoms with Gasteiger partial charge >= 0.3 is 0 Å². The van der Waals surface area contributed by atoms with Gasteiger partial charge in [0.1, 0.15) is 0 Å². The standard InChI is InChI=1S/C13H23N3O/c1-16-9-6-11(15-16)10-12(14)13(17-2)7-4-3-5-8-13/h6,9,12H,3-5,7-8,10,14H2,1-2H3. The maximum Gasteiger partial charge on any atom is 0.0832 e. The number of aromatic nitrogens is 2. The molecule has 1 aromatic heterocycles. The van der Waals surface area contributed by atoms with Crippen molar-refractivity contribution in [3.8, 4) is 0 Å². The Morgan fingerprint density at radius 2 is 2.18 bits per heavy atom. The van der Waals surface area contributed by atoms with Crippen LogP contribution in [0.25, 0.3) is 0 Å². The molecule has 1 atom stereocenters. The summed E-state index contributed by atoms with van der Waals surface area (Å²) in [6, 6.07) is 2.08. The third kappa shape index (κ3) is 2.69. The Morgan fingerprint density at radius 3 is 2.71 bits per heavy atom. The zero-order valence-electron chi connectivity index (χ0n) is 10.9. The maximum atomic E-state index is 6.36. The van der Waals surface area contributed by atoms with Crippen LogP contribution < -0.4 is 5.73 Å². The number of ether oxygens (including phenoxy) is 1. The van der Waals surface area contributed by atoms with Gasteiger partial charge in [-0.2, -0.15) is 5.10 Å². The maximum absolute atomic E-state index is 6.36. The van der Waals surface area contributed by atoms with Crippen molar-refractivity contribution < 1.29 is 4.74 Å². The first-order valence-corrected chi connectivity index (χ1v) is 6.45. The van der Waals surface area contributed by atoms with Crippen molar-refractivity contribution in [1.82, 2.24) is 9.78 Å². The van der Waals surface area contributed by atoms with Gasteiger partial charge in [0.15, 0.2) is 0 Å². The van der Waals surface area contributed by atoms with Crippen molar-refractivity contribution in [1.29, 1.82) is 0 Å². The first-order chi connectivity index (χ1) is 8.16. The molecule has 96 valence electrons. The van der Waals surface area contributed by atoms with Crippen LogP contribution in [0, 0.1) is 0 Å². The molecule has 1 saturated carbocycles. The van der Waals surface area contributed by atoms with Crippen LogP contribution in [0.5, 0.6) is 0 Å². The van der Waals surface area contributed by atoms with Crippen LogP contribution in [0.1, 0.15) is 37.8 Å². The van der Waals surface area contributed by atoms with E-state index >= 15 is 0 Å². The highest BCUT2D eigenvalue weighted by molar-refractivity contribution is 5.05. The number of hydrogen-bond acceptors (Lipinski definition) is 3. The molecule has 0 radical (unpaired) electrons. The number of aryl methyl sites for hydroxylation is 1. The summed E-state index contributed by atoms with van der Waals surface area (Å²) in [5.74, 6) is 0. The Labute approximate surface area is 103 Å². The lowest BCUT2D eigenvalue weighted by atomic mass is 9.78. The van der Waals surface area contributed by atoms with Gasteiger partial charge in [0.05, 0.1) is 11.3 Å². The lowest BCUT2D eigenvalue weighted by Crippen LogP contribution is -2.52. The van der Waals surface area contributed by atoms with Gasteiger partial charge < -0.3 is 10.5 Å². The first-order valence-electron chi connectivity index (χ1n) is 6.45. The zero-order valence-corrected chi connectivity index (χ0v) is 10.9. The second kappa shape index (κ2) is 5.19. The Hall–Kier alpha value is -0.870. The second-order valence-electron chi connectivity index (χ2n) is 5.12. The minimum Gasteiger partial charge on any atom is -0.377 e. The predicted molar refractivity (Wildman–Crippen MR) is 67.7 cm³/mol. The predicted octanol–water partition coefficient (Wildman–Crippen LogP) is 1.64. The highest BCUT2D eigenvalue weighted by Gasteiger charge is 2.38. The van der Waals surface area contributed by atoms with Gasteiger partial charge in [-0.1, -0.05) is 19.3 Å². The van der Waals surface area contributed by atoms with Crippen molar-refractivity contribution >= 4 is 0 Å². The molecular formula is C13H23N3O. The Morgan fingerprint density at radius 1 is 1.47 bits per heavy atom.